The maximum atomic E-state index is 14.1. The van der Waals surface area contributed by atoms with Crippen molar-refractivity contribution in [3.05, 3.63) is 110 Å². The van der Waals surface area contributed by atoms with E-state index in [1.807, 2.05) is 6.07 Å². The first-order valence-corrected chi connectivity index (χ1v) is 9.52. The van der Waals surface area contributed by atoms with Gasteiger partial charge in [0.1, 0.15) is 11.6 Å². The van der Waals surface area contributed by atoms with Gasteiger partial charge in [-0.05, 0) is 41.8 Å². The van der Waals surface area contributed by atoms with Gasteiger partial charge in [0.15, 0.2) is 0 Å². The van der Waals surface area contributed by atoms with Crippen LogP contribution in [0.2, 0.25) is 5.02 Å². The molecule has 0 aliphatic heterocycles. The molecule has 0 fully saturated rings. The van der Waals surface area contributed by atoms with Gasteiger partial charge in [0, 0.05) is 22.9 Å². The minimum Gasteiger partial charge on any atom is -0.507 e. The van der Waals surface area contributed by atoms with Crippen LogP contribution in [0.15, 0.2) is 71.7 Å². The Hall–Kier alpha value is -3.71. The molecule has 3 aromatic rings. The SMILES string of the molecule is O=C(O)C(=O)C=C(O)c1cc(Cc2cccc(Cl)c2)cn(Cc2ccccc2F)c1=O. The predicted octanol–water partition coefficient (Wildman–Crippen LogP) is 3.83. The maximum absolute atomic E-state index is 14.1. The Morgan fingerprint density at radius 1 is 1.03 bits per heavy atom. The Morgan fingerprint density at radius 3 is 2.45 bits per heavy atom. The molecule has 0 radical (unpaired) electrons. The lowest BCUT2D eigenvalue weighted by Gasteiger charge is -2.13. The number of halogens is 2. The number of carbonyl (C=O) groups excluding carboxylic acids is 1. The monoisotopic (exact) mass is 441 g/mol. The van der Waals surface area contributed by atoms with E-state index in [9.17, 15) is 23.9 Å². The van der Waals surface area contributed by atoms with Gasteiger partial charge in [-0.15, -0.1) is 0 Å². The Balaban J connectivity index is 2.10. The molecule has 0 unspecified atom stereocenters. The number of aliphatic hydroxyl groups is 1. The number of carboxylic acids is 1. The quantitative estimate of drug-likeness (QED) is 0.330. The van der Waals surface area contributed by atoms with Crippen molar-refractivity contribution in [1.82, 2.24) is 4.57 Å². The second-order valence-electron chi connectivity index (χ2n) is 6.79. The van der Waals surface area contributed by atoms with Crippen molar-refractivity contribution >= 4 is 29.1 Å². The molecule has 0 aliphatic carbocycles. The van der Waals surface area contributed by atoms with E-state index in [1.165, 1.54) is 35.0 Å². The molecular weight excluding hydrogens is 425 g/mol. The van der Waals surface area contributed by atoms with Gasteiger partial charge < -0.3 is 14.8 Å². The first-order chi connectivity index (χ1) is 14.7. The lowest BCUT2D eigenvalue weighted by atomic mass is 10.0. The average molecular weight is 442 g/mol. The van der Waals surface area contributed by atoms with Crippen molar-refractivity contribution in [3.8, 4) is 0 Å². The zero-order valence-electron chi connectivity index (χ0n) is 16.1. The second-order valence-corrected chi connectivity index (χ2v) is 7.23. The highest BCUT2D eigenvalue weighted by Gasteiger charge is 2.16. The van der Waals surface area contributed by atoms with E-state index < -0.39 is 28.9 Å². The molecular formula is C23H17ClFNO5. The molecule has 1 heterocycles. The number of aliphatic carboxylic acids is 1. The maximum Gasteiger partial charge on any atom is 0.376 e. The molecule has 6 nitrogen and oxygen atoms in total. The van der Waals surface area contributed by atoms with Crippen LogP contribution in [0.1, 0.15) is 22.3 Å². The Morgan fingerprint density at radius 2 is 1.77 bits per heavy atom. The van der Waals surface area contributed by atoms with E-state index >= 15 is 0 Å². The van der Waals surface area contributed by atoms with E-state index in [2.05, 4.69) is 0 Å². The molecule has 2 N–H and O–H groups in total. The van der Waals surface area contributed by atoms with Gasteiger partial charge in [-0.1, -0.05) is 41.9 Å². The number of hydrogen-bond donors (Lipinski definition) is 2. The van der Waals surface area contributed by atoms with Crippen molar-refractivity contribution in [2.75, 3.05) is 0 Å². The summed E-state index contributed by atoms with van der Waals surface area (Å²) in [5, 5.41) is 19.5. The average Bonchev–Trinajstić information content (AvgIpc) is 2.71. The summed E-state index contributed by atoms with van der Waals surface area (Å²) in [4.78, 5) is 35.2. The topological polar surface area (TPSA) is 96.6 Å². The number of hydrogen-bond acceptors (Lipinski definition) is 4. The fourth-order valence-corrected chi connectivity index (χ4v) is 3.26. The molecule has 0 aliphatic rings. The molecule has 2 aromatic carbocycles. The first kappa shape index (κ1) is 22.0. The van der Waals surface area contributed by atoms with E-state index in [0.29, 0.717) is 23.1 Å². The summed E-state index contributed by atoms with van der Waals surface area (Å²) in [5.74, 6) is -4.43. The number of pyridine rings is 1. The molecule has 0 amide bonds. The second kappa shape index (κ2) is 9.40. The van der Waals surface area contributed by atoms with Crippen LogP contribution in [-0.2, 0) is 22.6 Å². The van der Waals surface area contributed by atoms with E-state index in [4.69, 9.17) is 16.7 Å². The van der Waals surface area contributed by atoms with Gasteiger partial charge >= 0.3 is 5.97 Å². The number of aromatic nitrogens is 1. The van der Waals surface area contributed by atoms with Crippen molar-refractivity contribution in [2.24, 2.45) is 0 Å². The van der Waals surface area contributed by atoms with Gasteiger partial charge in [0.2, 0.25) is 0 Å². The fraction of sp³-hybridized carbons (Fsp3) is 0.0870. The molecule has 0 atom stereocenters. The molecule has 8 heteroatoms. The third kappa shape index (κ3) is 5.46. The molecule has 158 valence electrons. The van der Waals surface area contributed by atoms with E-state index in [-0.39, 0.29) is 17.7 Å². The molecule has 0 bridgehead atoms. The standard InChI is InChI=1S/C23H17ClFNO5/c24-17-6-3-4-14(9-17)8-15-10-18(20(27)11-21(28)23(30)31)22(29)26(12-15)13-16-5-1-2-7-19(16)25/h1-7,9-12,27H,8,13H2,(H,30,31). The lowest BCUT2D eigenvalue weighted by Crippen LogP contribution is -2.25. The minimum absolute atomic E-state index is 0.123. The largest absolute Gasteiger partial charge is 0.507 e. The van der Waals surface area contributed by atoms with Gasteiger partial charge in [-0.2, -0.15) is 0 Å². The number of rotatable bonds is 7. The Kier molecular flexibility index (Phi) is 6.67. The highest BCUT2D eigenvalue weighted by atomic mass is 35.5. The van der Waals surface area contributed by atoms with Crippen LogP contribution >= 0.6 is 11.6 Å². The zero-order valence-corrected chi connectivity index (χ0v) is 16.8. The molecule has 31 heavy (non-hydrogen) atoms. The number of benzene rings is 2. The fourth-order valence-electron chi connectivity index (χ4n) is 3.05. The van der Waals surface area contributed by atoms with Crippen molar-refractivity contribution < 1.29 is 24.2 Å². The number of aliphatic hydroxyl groups excluding tert-OH is 1. The number of carbonyl (C=O) groups is 2. The van der Waals surface area contributed by atoms with Crippen LogP contribution in [0.25, 0.3) is 5.76 Å². The van der Waals surface area contributed by atoms with Gasteiger partial charge in [0.25, 0.3) is 11.3 Å². The molecule has 3 rings (SSSR count). The summed E-state index contributed by atoms with van der Waals surface area (Å²) in [6.07, 6.45) is 2.31. The third-order valence-electron chi connectivity index (χ3n) is 4.49. The first-order valence-electron chi connectivity index (χ1n) is 9.14. The number of carboxylic acid groups (broad SMARTS) is 1. The predicted molar refractivity (Wildman–Crippen MR) is 114 cm³/mol. The normalized spacial score (nSPS) is 11.4. The van der Waals surface area contributed by atoms with Crippen LogP contribution < -0.4 is 5.56 Å². The highest BCUT2D eigenvalue weighted by Crippen LogP contribution is 2.18. The smallest absolute Gasteiger partial charge is 0.376 e. The van der Waals surface area contributed by atoms with Crippen LogP contribution in [0.4, 0.5) is 4.39 Å². The highest BCUT2D eigenvalue weighted by molar-refractivity contribution is 6.38. The molecule has 1 aromatic heterocycles. The van der Waals surface area contributed by atoms with Gasteiger partial charge in [-0.25, -0.2) is 9.18 Å². The van der Waals surface area contributed by atoms with Crippen LogP contribution in [0, 0.1) is 5.82 Å². The van der Waals surface area contributed by atoms with Gasteiger partial charge in [0.05, 0.1) is 12.1 Å². The summed E-state index contributed by atoms with van der Waals surface area (Å²) in [5.41, 5.74) is 0.659. The molecule has 0 saturated carbocycles. The van der Waals surface area contributed by atoms with Gasteiger partial charge in [-0.3, -0.25) is 9.59 Å². The van der Waals surface area contributed by atoms with Crippen molar-refractivity contribution in [2.45, 2.75) is 13.0 Å². The van der Waals surface area contributed by atoms with Crippen LogP contribution in [-0.4, -0.2) is 26.5 Å². The lowest BCUT2D eigenvalue weighted by molar-refractivity contribution is -0.146. The Labute approximate surface area is 181 Å². The zero-order chi connectivity index (χ0) is 22.5. The molecule has 0 saturated heterocycles. The number of ketones is 1. The van der Waals surface area contributed by atoms with Crippen molar-refractivity contribution in [1.29, 1.82) is 0 Å². The summed E-state index contributed by atoms with van der Waals surface area (Å²) in [6.45, 7) is -0.123. The summed E-state index contributed by atoms with van der Waals surface area (Å²) in [7, 11) is 0. The third-order valence-corrected chi connectivity index (χ3v) is 4.73. The minimum atomic E-state index is -1.77. The van der Waals surface area contributed by atoms with Crippen LogP contribution in [0.3, 0.4) is 0 Å². The van der Waals surface area contributed by atoms with Crippen molar-refractivity contribution in [3.63, 3.8) is 0 Å². The summed E-state index contributed by atoms with van der Waals surface area (Å²) in [6, 6.07) is 14.3. The summed E-state index contributed by atoms with van der Waals surface area (Å²) >= 11 is 6.02. The Bertz CT molecular complexity index is 1250. The van der Waals surface area contributed by atoms with E-state index in [1.54, 1.807) is 24.3 Å². The summed E-state index contributed by atoms with van der Waals surface area (Å²) < 4.78 is 15.3. The van der Waals surface area contributed by atoms with Crippen LogP contribution in [0.5, 0.6) is 0 Å². The number of nitrogens with zero attached hydrogens (tertiary/aromatic N) is 1. The molecule has 0 spiro atoms. The van der Waals surface area contributed by atoms with E-state index in [0.717, 1.165) is 5.56 Å².